The second-order valence-electron chi connectivity index (χ2n) is 2.00. The van der Waals surface area contributed by atoms with E-state index < -0.39 is 10.9 Å². The standard InChI is InChI=1S/C6H7N3O4/c1-12-4-3-7-6(9(10)11)8-5(4)13-2/h3H,1-2H3. The van der Waals surface area contributed by atoms with E-state index in [-0.39, 0.29) is 11.6 Å². The minimum atomic E-state index is -0.706. The van der Waals surface area contributed by atoms with Gasteiger partial charge in [-0.05, 0) is 9.91 Å². The van der Waals surface area contributed by atoms with E-state index >= 15 is 0 Å². The van der Waals surface area contributed by atoms with Gasteiger partial charge in [0.05, 0.1) is 14.2 Å². The fraction of sp³-hybridized carbons (Fsp3) is 0.333. The first-order valence-electron chi connectivity index (χ1n) is 3.28. The molecule has 7 heteroatoms. The summed E-state index contributed by atoms with van der Waals surface area (Å²) in [6.07, 6.45) is 1.18. The number of rotatable bonds is 3. The predicted octanol–water partition coefficient (Wildman–Crippen LogP) is 0.402. The van der Waals surface area contributed by atoms with Crippen molar-refractivity contribution < 1.29 is 14.4 Å². The third-order valence-electron chi connectivity index (χ3n) is 1.29. The van der Waals surface area contributed by atoms with Crippen LogP contribution >= 0.6 is 0 Å². The Labute approximate surface area is 73.5 Å². The fourth-order valence-corrected chi connectivity index (χ4v) is 0.721. The van der Waals surface area contributed by atoms with Crippen LogP contribution in [-0.2, 0) is 0 Å². The largest absolute Gasteiger partial charge is 0.488 e. The summed E-state index contributed by atoms with van der Waals surface area (Å²) < 4.78 is 9.54. The minimum Gasteiger partial charge on any atom is -0.488 e. The molecule has 0 N–H and O–H groups in total. The first kappa shape index (κ1) is 9.17. The average Bonchev–Trinajstić information content (AvgIpc) is 2.16. The zero-order chi connectivity index (χ0) is 9.84. The Hall–Kier alpha value is -1.92. The van der Waals surface area contributed by atoms with Gasteiger partial charge in [-0.3, -0.25) is 0 Å². The first-order valence-corrected chi connectivity index (χ1v) is 3.28. The molecule has 0 amide bonds. The lowest BCUT2D eigenvalue weighted by molar-refractivity contribution is -0.394. The Kier molecular flexibility index (Phi) is 2.58. The second kappa shape index (κ2) is 3.65. The summed E-state index contributed by atoms with van der Waals surface area (Å²) in [6, 6.07) is 0. The molecule has 0 aliphatic rings. The van der Waals surface area contributed by atoms with Crippen molar-refractivity contribution in [2.24, 2.45) is 0 Å². The summed E-state index contributed by atoms with van der Waals surface area (Å²) in [6.45, 7) is 0. The van der Waals surface area contributed by atoms with Crippen molar-refractivity contribution in [3.8, 4) is 11.6 Å². The van der Waals surface area contributed by atoms with Crippen molar-refractivity contribution in [2.75, 3.05) is 14.2 Å². The van der Waals surface area contributed by atoms with Crippen LogP contribution in [0.25, 0.3) is 0 Å². The molecular weight excluding hydrogens is 178 g/mol. The summed E-state index contributed by atoms with van der Waals surface area (Å²) >= 11 is 0. The van der Waals surface area contributed by atoms with Gasteiger partial charge in [0.25, 0.3) is 0 Å². The van der Waals surface area contributed by atoms with Gasteiger partial charge in [0.15, 0.2) is 6.20 Å². The van der Waals surface area contributed by atoms with E-state index in [2.05, 4.69) is 9.97 Å². The van der Waals surface area contributed by atoms with Crippen LogP contribution in [0.2, 0.25) is 0 Å². The van der Waals surface area contributed by atoms with Gasteiger partial charge in [-0.25, -0.2) is 0 Å². The molecule has 70 valence electrons. The molecule has 0 radical (unpaired) electrons. The molecule has 0 fully saturated rings. The van der Waals surface area contributed by atoms with Gasteiger partial charge in [0, 0.05) is 0 Å². The molecule has 0 saturated heterocycles. The molecule has 0 aliphatic heterocycles. The van der Waals surface area contributed by atoms with Crippen molar-refractivity contribution in [2.45, 2.75) is 0 Å². The van der Waals surface area contributed by atoms with Crippen LogP contribution in [0.3, 0.4) is 0 Å². The van der Waals surface area contributed by atoms with Gasteiger partial charge < -0.3 is 19.6 Å². The van der Waals surface area contributed by atoms with Crippen molar-refractivity contribution in [1.82, 2.24) is 9.97 Å². The zero-order valence-electron chi connectivity index (χ0n) is 7.05. The molecule has 0 spiro atoms. The molecular formula is C6H7N3O4. The highest BCUT2D eigenvalue weighted by molar-refractivity contribution is 5.33. The van der Waals surface area contributed by atoms with Crippen molar-refractivity contribution >= 4 is 5.95 Å². The predicted molar refractivity (Wildman–Crippen MR) is 41.8 cm³/mol. The highest BCUT2D eigenvalue weighted by atomic mass is 16.6. The number of hydrogen-bond acceptors (Lipinski definition) is 6. The molecule has 0 aliphatic carbocycles. The maximum absolute atomic E-state index is 10.3. The highest BCUT2D eigenvalue weighted by Gasteiger charge is 2.17. The van der Waals surface area contributed by atoms with E-state index in [1.54, 1.807) is 0 Å². The third-order valence-corrected chi connectivity index (χ3v) is 1.29. The number of nitro groups is 1. The molecule has 7 nitrogen and oxygen atoms in total. The van der Waals surface area contributed by atoms with Gasteiger partial charge in [-0.15, -0.1) is 0 Å². The number of aromatic nitrogens is 2. The van der Waals surface area contributed by atoms with Crippen LogP contribution in [0.15, 0.2) is 6.20 Å². The summed E-state index contributed by atoms with van der Waals surface area (Å²) in [7, 11) is 2.74. The van der Waals surface area contributed by atoms with Crippen LogP contribution in [0.5, 0.6) is 11.6 Å². The molecule has 1 aromatic rings. The van der Waals surface area contributed by atoms with E-state index in [1.807, 2.05) is 0 Å². The third kappa shape index (κ3) is 1.81. The van der Waals surface area contributed by atoms with Crippen LogP contribution in [-0.4, -0.2) is 29.1 Å². The lowest BCUT2D eigenvalue weighted by Crippen LogP contribution is -2.00. The number of methoxy groups -OCH3 is 2. The zero-order valence-corrected chi connectivity index (χ0v) is 7.05. The molecule has 0 saturated carbocycles. The molecule has 1 aromatic heterocycles. The van der Waals surface area contributed by atoms with Crippen molar-refractivity contribution in [3.63, 3.8) is 0 Å². The van der Waals surface area contributed by atoms with Gasteiger partial charge >= 0.3 is 11.8 Å². The SMILES string of the molecule is COc1cnc([N+](=O)[O-])nc1OC. The Balaban J connectivity index is 3.13. The van der Waals surface area contributed by atoms with E-state index in [9.17, 15) is 10.1 Å². The van der Waals surface area contributed by atoms with Gasteiger partial charge in [-0.1, -0.05) is 4.98 Å². The molecule has 1 heterocycles. The molecule has 0 aromatic carbocycles. The van der Waals surface area contributed by atoms with Crippen LogP contribution < -0.4 is 9.47 Å². The van der Waals surface area contributed by atoms with Crippen molar-refractivity contribution in [3.05, 3.63) is 16.3 Å². The molecule has 0 bridgehead atoms. The summed E-state index contributed by atoms with van der Waals surface area (Å²) in [5, 5.41) is 10.3. The maximum atomic E-state index is 10.3. The average molecular weight is 185 g/mol. The Morgan fingerprint density at radius 1 is 1.46 bits per heavy atom. The van der Waals surface area contributed by atoms with Crippen LogP contribution in [0, 0.1) is 10.1 Å². The first-order chi connectivity index (χ1) is 6.19. The topological polar surface area (TPSA) is 87.4 Å². The Morgan fingerprint density at radius 2 is 2.15 bits per heavy atom. The van der Waals surface area contributed by atoms with Crippen LogP contribution in [0.4, 0.5) is 5.95 Å². The van der Waals surface area contributed by atoms with Crippen LogP contribution in [0.1, 0.15) is 0 Å². The lowest BCUT2D eigenvalue weighted by Gasteiger charge is -2.00. The van der Waals surface area contributed by atoms with E-state index in [0.717, 1.165) is 0 Å². The van der Waals surface area contributed by atoms with Gasteiger partial charge in [0.1, 0.15) is 0 Å². The Morgan fingerprint density at radius 3 is 2.62 bits per heavy atom. The number of nitrogens with zero attached hydrogens (tertiary/aromatic N) is 3. The smallest absolute Gasteiger partial charge is 0.472 e. The number of hydrogen-bond donors (Lipinski definition) is 0. The second-order valence-corrected chi connectivity index (χ2v) is 2.00. The Bertz CT molecular complexity index is 328. The van der Waals surface area contributed by atoms with E-state index in [1.165, 1.54) is 20.4 Å². The quantitative estimate of drug-likeness (QED) is 0.500. The lowest BCUT2D eigenvalue weighted by atomic mass is 10.5. The number of ether oxygens (including phenoxy) is 2. The molecule has 13 heavy (non-hydrogen) atoms. The molecule has 0 atom stereocenters. The van der Waals surface area contributed by atoms with E-state index in [0.29, 0.717) is 0 Å². The van der Waals surface area contributed by atoms with Crippen molar-refractivity contribution in [1.29, 1.82) is 0 Å². The van der Waals surface area contributed by atoms with Gasteiger partial charge in [-0.2, -0.15) is 0 Å². The van der Waals surface area contributed by atoms with E-state index in [4.69, 9.17) is 9.47 Å². The maximum Gasteiger partial charge on any atom is 0.472 e. The monoisotopic (exact) mass is 185 g/mol. The summed E-state index contributed by atoms with van der Waals surface area (Å²) in [5.74, 6) is -0.213. The fourth-order valence-electron chi connectivity index (χ4n) is 0.721. The summed E-state index contributed by atoms with van der Waals surface area (Å²) in [5.41, 5.74) is 0. The minimum absolute atomic E-state index is 0.0456. The highest BCUT2D eigenvalue weighted by Crippen LogP contribution is 2.23. The normalized spacial score (nSPS) is 9.38. The summed E-state index contributed by atoms with van der Waals surface area (Å²) in [4.78, 5) is 16.5. The molecule has 0 unspecified atom stereocenters. The molecule has 1 rings (SSSR count). The van der Waals surface area contributed by atoms with Gasteiger partial charge in [0.2, 0.25) is 5.75 Å².